The molecule has 1 fully saturated rings. The molecule has 0 aliphatic heterocycles. The van der Waals surface area contributed by atoms with Gasteiger partial charge in [-0.15, -0.1) is 0 Å². The van der Waals surface area contributed by atoms with Gasteiger partial charge >= 0.3 is 0 Å². The van der Waals surface area contributed by atoms with Gasteiger partial charge in [-0.1, -0.05) is 41.4 Å². The van der Waals surface area contributed by atoms with Crippen LogP contribution in [0.25, 0.3) is 0 Å². The van der Waals surface area contributed by atoms with Gasteiger partial charge in [-0.2, -0.15) is 0 Å². The van der Waals surface area contributed by atoms with Gasteiger partial charge in [-0.3, -0.25) is 4.79 Å². The van der Waals surface area contributed by atoms with Crippen molar-refractivity contribution in [3.05, 3.63) is 63.7 Å². The van der Waals surface area contributed by atoms with Crippen LogP contribution in [0, 0.1) is 20.8 Å². The fourth-order valence-electron chi connectivity index (χ4n) is 4.00. The molecule has 29 heavy (non-hydrogen) atoms. The summed E-state index contributed by atoms with van der Waals surface area (Å²) in [4.78, 5) is 12.5. The summed E-state index contributed by atoms with van der Waals surface area (Å²) in [6, 6.07) is 11.6. The predicted octanol–water partition coefficient (Wildman–Crippen LogP) is 4.00. The summed E-state index contributed by atoms with van der Waals surface area (Å²) in [7, 11) is -3.64. The molecule has 0 radical (unpaired) electrons. The van der Waals surface area contributed by atoms with Gasteiger partial charge in [0.25, 0.3) is 0 Å². The van der Waals surface area contributed by atoms with Crippen molar-refractivity contribution in [1.82, 2.24) is 10.0 Å². The van der Waals surface area contributed by atoms with Gasteiger partial charge in [-0.05, 0) is 68.4 Å². The zero-order valence-corrected chi connectivity index (χ0v) is 18.5. The van der Waals surface area contributed by atoms with Crippen LogP contribution in [0.3, 0.4) is 0 Å². The topological polar surface area (TPSA) is 75.3 Å². The third-order valence-corrected chi connectivity index (χ3v) is 7.38. The highest BCUT2D eigenvalue weighted by Gasteiger charge is 2.31. The van der Waals surface area contributed by atoms with Crippen LogP contribution in [0.2, 0.25) is 5.02 Å². The Morgan fingerprint density at radius 2 is 1.66 bits per heavy atom. The van der Waals surface area contributed by atoms with Crippen molar-refractivity contribution in [2.45, 2.75) is 56.9 Å². The van der Waals surface area contributed by atoms with Crippen LogP contribution in [-0.2, 0) is 14.8 Å². The van der Waals surface area contributed by atoms with Crippen LogP contribution in [0.4, 0.5) is 0 Å². The largest absolute Gasteiger partial charge is 0.353 e. The molecule has 156 valence electrons. The molecule has 0 atom stereocenters. The minimum absolute atomic E-state index is 0.0776. The number of sulfonamides is 1. The third kappa shape index (κ3) is 5.38. The third-order valence-electron chi connectivity index (χ3n) is 5.36. The molecule has 0 heterocycles. The lowest BCUT2D eigenvalue weighted by Gasteiger charge is -2.36. The highest BCUT2D eigenvalue weighted by molar-refractivity contribution is 7.89. The number of rotatable bonds is 7. The van der Waals surface area contributed by atoms with Crippen molar-refractivity contribution in [3.63, 3.8) is 0 Å². The van der Waals surface area contributed by atoms with Crippen molar-refractivity contribution in [3.8, 4) is 0 Å². The van der Waals surface area contributed by atoms with Crippen molar-refractivity contribution < 1.29 is 13.2 Å². The van der Waals surface area contributed by atoms with Gasteiger partial charge in [0.1, 0.15) is 0 Å². The first-order valence-electron chi connectivity index (χ1n) is 9.78. The summed E-state index contributed by atoms with van der Waals surface area (Å²) in [5.74, 6) is 0.299. The van der Waals surface area contributed by atoms with E-state index in [0.717, 1.165) is 23.4 Å². The van der Waals surface area contributed by atoms with E-state index in [-0.39, 0.29) is 24.9 Å². The maximum absolute atomic E-state index is 12.6. The first-order valence-corrected chi connectivity index (χ1v) is 11.6. The lowest BCUT2D eigenvalue weighted by atomic mass is 9.76. The van der Waals surface area contributed by atoms with Gasteiger partial charge in [0.05, 0.1) is 4.90 Å². The summed E-state index contributed by atoms with van der Waals surface area (Å²) in [5.41, 5.74) is 3.68. The van der Waals surface area contributed by atoms with Crippen LogP contribution in [0.15, 0.2) is 41.3 Å². The molecule has 5 nitrogen and oxygen atoms in total. The second kappa shape index (κ2) is 8.86. The SMILES string of the molecule is Cc1cc(C)c(S(=O)(=O)NCCC(=O)NC2CC(c3ccc(Cl)cc3)C2)c(C)c1. The Kier molecular flexibility index (Phi) is 6.66. The van der Waals surface area contributed by atoms with Gasteiger partial charge in [0, 0.05) is 24.0 Å². The van der Waals surface area contributed by atoms with Gasteiger partial charge in [-0.25, -0.2) is 13.1 Å². The molecule has 0 unspecified atom stereocenters. The van der Waals surface area contributed by atoms with E-state index in [9.17, 15) is 13.2 Å². The lowest BCUT2D eigenvalue weighted by Crippen LogP contribution is -2.44. The normalized spacial score (nSPS) is 18.9. The Balaban J connectivity index is 1.45. The second-order valence-electron chi connectivity index (χ2n) is 7.86. The molecule has 7 heteroatoms. The number of nitrogens with one attached hydrogen (secondary N) is 2. The minimum atomic E-state index is -3.64. The Morgan fingerprint density at radius 3 is 2.24 bits per heavy atom. The highest BCUT2D eigenvalue weighted by Crippen LogP contribution is 2.37. The average Bonchev–Trinajstić information content (AvgIpc) is 2.57. The summed E-state index contributed by atoms with van der Waals surface area (Å²) in [6.07, 6.45) is 1.90. The number of hydrogen-bond donors (Lipinski definition) is 2. The quantitative estimate of drug-likeness (QED) is 0.691. The first kappa shape index (κ1) is 21.8. The number of amides is 1. The number of halogens is 1. The van der Waals surface area contributed by atoms with Crippen LogP contribution < -0.4 is 10.0 Å². The van der Waals surface area contributed by atoms with Gasteiger partial charge < -0.3 is 5.32 Å². The molecular weight excluding hydrogens is 408 g/mol. The number of benzene rings is 2. The molecule has 1 aliphatic carbocycles. The Hall–Kier alpha value is -1.89. The van der Waals surface area contributed by atoms with Crippen molar-refractivity contribution in [2.24, 2.45) is 0 Å². The Bertz CT molecular complexity index is 974. The molecule has 1 aliphatic rings. The maximum Gasteiger partial charge on any atom is 0.241 e. The first-order chi connectivity index (χ1) is 13.7. The van der Waals surface area contributed by atoms with E-state index in [4.69, 9.17) is 11.6 Å². The zero-order valence-electron chi connectivity index (χ0n) is 17.0. The fraction of sp³-hybridized carbons (Fsp3) is 0.409. The smallest absolute Gasteiger partial charge is 0.241 e. The minimum Gasteiger partial charge on any atom is -0.353 e. The van der Waals surface area contributed by atoms with E-state index in [2.05, 4.69) is 10.0 Å². The second-order valence-corrected chi connectivity index (χ2v) is 10.0. The van der Waals surface area contributed by atoms with E-state index in [1.54, 1.807) is 13.8 Å². The zero-order chi connectivity index (χ0) is 21.2. The van der Waals surface area contributed by atoms with Crippen LogP contribution in [0.1, 0.15) is 47.4 Å². The van der Waals surface area contributed by atoms with Crippen molar-refractivity contribution in [1.29, 1.82) is 0 Å². The highest BCUT2D eigenvalue weighted by atomic mass is 35.5. The van der Waals surface area contributed by atoms with E-state index < -0.39 is 10.0 Å². The molecule has 0 bridgehead atoms. The molecule has 2 aromatic carbocycles. The van der Waals surface area contributed by atoms with Gasteiger partial charge in [0.15, 0.2) is 0 Å². The molecule has 2 N–H and O–H groups in total. The molecule has 0 saturated heterocycles. The number of hydrogen-bond acceptors (Lipinski definition) is 3. The molecule has 1 saturated carbocycles. The predicted molar refractivity (Wildman–Crippen MR) is 116 cm³/mol. The summed E-state index contributed by atoms with van der Waals surface area (Å²) in [5, 5.41) is 3.70. The van der Waals surface area contributed by atoms with E-state index in [0.29, 0.717) is 21.9 Å². The lowest BCUT2D eigenvalue weighted by molar-refractivity contribution is -0.122. The molecular formula is C22H27ClN2O3S. The van der Waals surface area contributed by atoms with E-state index in [1.807, 2.05) is 43.3 Å². The monoisotopic (exact) mass is 434 g/mol. The molecule has 3 rings (SSSR count). The Labute approximate surface area is 177 Å². The molecule has 1 amide bonds. The fourth-order valence-corrected chi connectivity index (χ4v) is 5.61. The summed E-state index contributed by atoms with van der Waals surface area (Å²) >= 11 is 5.91. The van der Waals surface area contributed by atoms with Crippen LogP contribution in [-0.4, -0.2) is 26.9 Å². The maximum atomic E-state index is 12.6. The Morgan fingerprint density at radius 1 is 1.07 bits per heavy atom. The van der Waals surface area contributed by atoms with E-state index in [1.165, 1.54) is 5.56 Å². The number of carbonyl (C=O) groups excluding carboxylic acids is 1. The van der Waals surface area contributed by atoms with Crippen molar-refractivity contribution >= 4 is 27.5 Å². The van der Waals surface area contributed by atoms with Crippen molar-refractivity contribution in [2.75, 3.05) is 6.54 Å². The molecule has 2 aromatic rings. The van der Waals surface area contributed by atoms with E-state index >= 15 is 0 Å². The average molecular weight is 435 g/mol. The number of carbonyl (C=O) groups is 1. The summed E-state index contributed by atoms with van der Waals surface area (Å²) in [6.45, 7) is 5.59. The standard InChI is InChI=1S/C22H27ClN2O3S/c1-14-10-15(2)22(16(3)11-14)29(27,28)24-9-8-21(26)25-20-12-18(13-20)17-4-6-19(23)7-5-17/h4-7,10-11,18,20,24H,8-9,12-13H2,1-3H3,(H,25,26). The van der Waals surface area contributed by atoms with Crippen LogP contribution >= 0.6 is 11.6 Å². The molecule has 0 aromatic heterocycles. The molecule has 0 spiro atoms. The van der Waals surface area contributed by atoms with Crippen LogP contribution in [0.5, 0.6) is 0 Å². The summed E-state index contributed by atoms with van der Waals surface area (Å²) < 4.78 is 27.8. The van der Waals surface area contributed by atoms with Gasteiger partial charge in [0.2, 0.25) is 15.9 Å². The number of aryl methyl sites for hydroxylation is 3.